The van der Waals surface area contributed by atoms with Crippen molar-refractivity contribution in [1.82, 2.24) is 5.32 Å². The second kappa shape index (κ2) is 11.2. The third kappa shape index (κ3) is 8.40. The summed E-state index contributed by atoms with van der Waals surface area (Å²) in [5.74, 6) is -1.09. The maximum Gasteiger partial charge on any atom is 0.352 e. The van der Waals surface area contributed by atoms with Crippen LogP contribution in [-0.2, 0) is 25.5 Å². The maximum absolute atomic E-state index is 12.3. The molecule has 1 amide bonds. The standard InChI is InChI=1S/C24H29ClN2O6/c1-23(2,26)21(29)31-15-32-22(30)24(3,4)33-19-11-5-16(6-12-19)13-14-27-20(28)17-7-9-18(25)10-8-17/h5-12H,13-15,26H2,1-4H3,(H,27,28). The molecule has 0 radical (unpaired) electrons. The Labute approximate surface area is 198 Å². The Hall–Kier alpha value is -3.10. The maximum atomic E-state index is 12.3. The van der Waals surface area contributed by atoms with Gasteiger partial charge < -0.3 is 25.3 Å². The molecular formula is C24H29ClN2O6. The normalized spacial score (nSPS) is 11.5. The van der Waals surface area contributed by atoms with Crippen LogP contribution in [-0.4, -0.2) is 42.3 Å². The lowest BCUT2D eigenvalue weighted by atomic mass is 10.1. The molecule has 2 aromatic carbocycles. The molecule has 0 fully saturated rings. The lowest BCUT2D eigenvalue weighted by Gasteiger charge is -2.24. The SMILES string of the molecule is CC(C)(N)C(=O)OCOC(=O)C(C)(C)Oc1ccc(CCNC(=O)c2ccc(Cl)cc2)cc1. The topological polar surface area (TPSA) is 117 Å². The van der Waals surface area contributed by atoms with Crippen LogP contribution in [0.1, 0.15) is 43.6 Å². The van der Waals surface area contributed by atoms with Gasteiger partial charge in [-0.1, -0.05) is 23.7 Å². The van der Waals surface area contributed by atoms with Gasteiger partial charge in [0, 0.05) is 17.1 Å². The molecule has 8 nitrogen and oxygen atoms in total. The fourth-order valence-electron chi connectivity index (χ4n) is 2.58. The van der Waals surface area contributed by atoms with Crippen LogP contribution in [0.25, 0.3) is 0 Å². The van der Waals surface area contributed by atoms with Crippen molar-refractivity contribution in [2.45, 2.75) is 45.3 Å². The first-order chi connectivity index (χ1) is 15.4. The molecule has 33 heavy (non-hydrogen) atoms. The average Bonchev–Trinajstić information content (AvgIpc) is 2.74. The molecule has 0 aromatic heterocycles. The summed E-state index contributed by atoms with van der Waals surface area (Å²) in [6, 6.07) is 13.8. The summed E-state index contributed by atoms with van der Waals surface area (Å²) < 4.78 is 15.5. The first kappa shape index (κ1) is 26.2. The van der Waals surface area contributed by atoms with Gasteiger partial charge in [0.25, 0.3) is 5.91 Å². The number of rotatable bonds is 10. The van der Waals surface area contributed by atoms with E-state index >= 15 is 0 Å². The third-order valence-corrected chi connectivity index (χ3v) is 4.75. The van der Waals surface area contributed by atoms with E-state index in [9.17, 15) is 14.4 Å². The predicted molar refractivity (Wildman–Crippen MR) is 124 cm³/mol. The summed E-state index contributed by atoms with van der Waals surface area (Å²) in [7, 11) is 0. The number of halogens is 1. The van der Waals surface area contributed by atoms with Crippen molar-refractivity contribution in [1.29, 1.82) is 0 Å². The van der Waals surface area contributed by atoms with Gasteiger partial charge in [-0.3, -0.25) is 4.79 Å². The van der Waals surface area contributed by atoms with E-state index in [1.54, 1.807) is 50.2 Å². The summed E-state index contributed by atoms with van der Waals surface area (Å²) in [4.78, 5) is 36.0. The van der Waals surface area contributed by atoms with Gasteiger partial charge in [-0.25, -0.2) is 9.59 Å². The highest BCUT2D eigenvalue weighted by Crippen LogP contribution is 2.20. The van der Waals surface area contributed by atoms with E-state index in [2.05, 4.69) is 5.32 Å². The van der Waals surface area contributed by atoms with E-state index in [0.29, 0.717) is 29.3 Å². The van der Waals surface area contributed by atoms with Crippen LogP contribution in [0.2, 0.25) is 5.02 Å². The summed E-state index contributed by atoms with van der Waals surface area (Å²) in [6.07, 6.45) is 0.619. The number of ether oxygens (including phenoxy) is 3. The second-order valence-corrected chi connectivity index (χ2v) is 8.91. The van der Waals surface area contributed by atoms with Crippen molar-refractivity contribution < 1.29 is 28.6 Å². The van der Waals surface area contributed by atoms with Gasteiger partial charge in [0.2, 0.25) is 6.79 Å². The van der Waals surface area contributed by atoms with Gasteiger partial charge in [0.05, 0.1) is 0 Å². The Balaban J connectivity index is 1.80. The number of nitrogens with two attached hydrogens (primary N) is 1. The monoisotopic (exact) mass is 476 g/mol. The van der Waals surface area contributed by atoms with Crippen molar-refractivity contribution in [3.05, 3.63) is 64.7 Å². The molecule has 0 heterocycles. The quantitative estimate of drug-likeness (QED) is 0.399. The van der Waals surface area contributed by atoms with Crippen LogP contribution >= 0.6 is 11.6 Å². The number of benzene rings is 2. The largest absolute Gasteiger partial charge is 0.476 e. The van der Waals surface area contributed by atoms with Crippen LogP contribution in [0.3, 0.4) is 0 Å². The molecule has 0 saturated carbocycles. The Kier molecular flexibility index (Phi) is 8.84. The summed E-state index contributed by atoms with van der Waals surface area (Å²) in [5, 5.41) is 3.43. The first-order valence-corrected chi connectivity index (χ1v) is 10.7. The zero-order valence-electron chi connectivity index (χ0n) is 19.1. The number of carbonyl (C=O) groups excluding carboxylic acids is 3. The van der Waals surface area contributed by atoms with Crippen molar-refractivity contribution in [3.8, 4) is 5.75 Å². The van der Waals surface area contributed by atoms with Gasteiger partial charge in [-0.15, -0.1) is 0 Å². The third-order valence-electron chi connectivity index (χ3n) is 4.50. The van der Waals surface area contributed by atoms with Crippen LogP contribution in [0.4, 0.5) is 0 Å². The van der Waals surface area contributed by atoms with Crippen molar-refractivity contribution >= 4 is 29.4 Å². The average molecular weight is 477 g/mol. The highest BCUT2D eigenvalue weighted by molar-refractivity contribution is 6.30. The van der Waals surface area contributed by atoms with Gasteiger partial charge in [-0.2, -0.15) is 0 Å². The zero-order chi connectivity index (χ0) is 24.6. The minimum atomic E-state index is -1.31. The van der Waals surface area contributed by atoms with Crippen LogP contribution < -0.4 is 15.8 Å². The predicted octanol–water partition coefficient (Wildman–Crippen LogP) is 3.25. The molecule has 2 rings (SSSR count). The molecule has 0 atom stereocenters. The molecule has 178 valence electrons. The van der Waals surface area contributed by atoms with Crippen LogP contribution in [0, 0.1) is 0 Å². The fourth-order valence-corrected chi connectivity index (χ4v) is 2.71. The van der Waals surface area contributed by atoms with Crippen LogP contribution in [0.15, 0.2) is 48.5 Å². The van der Waals surface area contributed by atoms with E-state index in [4.69, 9.17) is 31.5 Å². The molecule has 0 spiro atoms. The van der Waals surface area contributed by atoms with E-state index < -0.39 is 29.9 Å². The molecule has 0 aliphatic rings. The molecule has 3 N–H and O–H groups in total. The second-order valence-electron chi connectivity index (χ2n) is 8.47. The molecule has 0 unspecified atom stereocenters. The van der Waals surface area contributed by atoms with E-state index in [0.717, 1.165) is 5.56 Å². The molecule has 0 bridgehead atoms. The summed E-state index contributed by atoms with van der Waals surface area (Å²) in [6.45, 7) is 5.97. The molecule has 9 heteroatoms. The van der Waals surface area contributed by atoms with Crippen molar-refractivity contribution in [2.24, 2.45) is 5.73 Å². The fraction of sp³-hybridized carbons (Fsp3) is 0.375. The Morgan fingerprint density at radius 3 is 2.06 bits per heavy atom. The molecule has 0 saturated heterocycles. The lowest BCUT2D eigenvalue weighted by molar-refractivity contribution is -0.179. The van der Waals surface area contributed by atoms with Gasteiger partial charge in [0.15, 0.2) is 5.60 Å². The highest BCUT2D eigenvalue weighted by Gasteiger charge is 2.33. The molecule has 0 aliphatic heterocycles. The van der Waals surface area contributed by atoms with Crippen LogP contribution in [0.5, 0.6) is 5.75 Å². The number of amides is 1. The lowest BCUT2D eigenvalue weighted by Crippen LogP contribution is -2.44. The molecule has 2 aromatic rings. The minimum absolute atomic E-state index is 0.174. The number of esters is 2. The Bertz CT molecular complexity index is 966. The molecular weight excluding hydrogens is 448 g/mol. The number of hydrogen-bond donors (Lipinski definition) is 2. The Morgan fingerprint density at radius 1 is 0.909 bits per heavy atom. The van der Waals surface area contributed by atoms with Crippen molar-refractivity contribution in [2.75, 3.05) is 13.3 Å². The van der Waals surface area contributed by atoms with Gasteiger partial charge in [-0.05, 0) is 76.1 Å². The summed E-state index contributed by atoms with van der Waals surface area (Å²) >= 11 is 5.83. The van der Waals surface area contributed by atoms with Crippen molar-refractivity contribution in [3.63, 3.8) is 0 Å². The van der Waals surface area contributed by atoms with E-state index in [1.807, 2.05) is 12.1 Å². The van der Waals surface area contributed by atoms with E-state index in [1.165, 1.54) is 13.8 Å². The smallest absolute Gasteiger partial charge is 0.352 e. The number of hydrogen-bond acceptors (Lipinski definition) is 7. The summed E-state index contributed by atoms with van der Waals surface area (Å²) in [5.41, 5.74) is 4.64. The molecule has 0 aliphatic carbocycles. The number of nitrogens with one attached hydrogen (secondary N) is 1. The zero-order valence-corrected chi connectivity index (χ0v) is 19.9. The van der Waals surface area contributed by atoms with E-state index in [-0.39, 0.29) is 5.91 Å². The number of carbonyl (C=O) groups is 3. The minimum Gasteiger partial charge on any atom is -0.476 e. The first-order valence-electron chi connectivity index (χ1n) is 10.3. The highest BCUT2D eigenvalue weighted by atomic mass is 35.5. The van der Waals surface area contributed by atoms with Gasteiger partial charge in [0.1, 0.15) is 11.3 Å². The van der Waals surface area contributed by atoms with Gasteiger partial charge >= 0.3 is 11.9 Å². The Morgan fingerprint density at radius 2 is 1.48 bits per heavy atom.